The number of hydrogen-bond donors (Lipinski definition) is 2. The molecule has 0 aliphatic carbocycles. The van der Waals surface area contributed by atoms with Gasteiger partial charge in [-0.3, -0.25) is 0 Å². The van der Waals surface area contributed by atoms with Crippen LogP contribution in [0.5, 0.6) is 5.75 Å². The van der Waals surface area contributed by atoms with Gasteiger partial charge in [0, 0.05) is 17.5 Å². The van der Waals surface area contributed by atoms with E-state index in [4.69, 9.17) is 10.5 Å². The first-order chi connectivity index (χ1) is 7.09. The number of aliphatic hydroxyl groups is 1. The Morgan fingerprint density at radius 3 is 2.60 bits per heavy atom. The predicted octanol–water partition coefficient (Wildman–Crippen LogP) is 1.21. The van der Waals surface area contributed by atoms with Gasteiger partial charge in [-0.05, 0) is 18.6 Å². The molecule has 0 spiro atoms. The fourth-order valence-electron chi connectivity index (χ4n) is 1.83. The third-order valence-corrected chi connectivity index (χ3v) is 2.86. The zero-order chi connectivity index (χ0) is 11.5. The smallest absolute Gasteiger partial charge is 0.123 e. The van der Waals surface area contributed by atoms with Gasteiger partial charge in [0.25, 0.3) is 0 Å². The molecule has 1 aromatic carbocycles. The van der Waals surface area contributed by atoms with E-state index in [0.29, 0.717) is 6.54 Å². The first kappa shape index (κ1) is 12.0. The van der Waals surface area contributed by atoms with Gasteiger partial charge in [0.15, 0.2) is 0 Å². The third-order valence-electron chi connectivity index (χ3n) is 2.86. The van der Waals surface area contributed by atoms with Crippen molar-refractivity contribution >= 4 is 0 Å². The Hall–Kier alpha value is -1.06. The summed E-state index contributed by atoms with van der Waals surface area (Å²) >= 11 is 0. The largest absolute Gasteiger partial charge is 0.496 e. The van der Waals surface area contributed by atoms with Crippen LogP contribution in [0.25, 0.3) is 0 Å². The van der Waals surface area contributed by atoms with Crippen LogP contribution in [-0.4, -0.2) is 25.4 Å². The van der Waals surface area contributed by atoms with Crippen molar-refractivity contribution in [1.82, 2.24) is 0 Å². The summed E-state index contributed by atoms with van der Waals surface area (Å²) in [5.74, 6) is 0.789. The van der Waals surface area contributed by atoms with Crippen molar-refractivity contribution < 1.29 is 9.84 Å². The van der Waals surface area contributed by atoms with E-state index >= 15 is 0 Å². The molecule has 0 saturated carbocycles. The molecule has 1 aromatic rings. The minimum absolute atomic E-state index is 0.0186. The van der Waals surface area contributed by atoms with E-state index in [2.05, 4.69) is 0 Å². The van der Waals surface area contributed by atoms with Gasteiger partial charge in [0.05, 0.1) is 13.7 Å². The molecule has 0 aliphatic rings. The molecule has 0 bridgehead atoms. The highest BCUT2D eigenvalue weighted by Gasteiger charge is 2.29. The standard InChI is InChI=1S/C12H19NO2/c1-9-5-4-6-10(15-3)11(9)12(2,7-13)8-14/h4-6,14H,7-8,13H2,1-3H3. The van der Waals surface area contributed by atoms with Crippen LogP contribution in [0.2, 0.25) is 0 Å². The molecule has 0 radical (unpaired) electrons. The fraction of sp³-hybridized carbons (Fsp3) is 0.500. The average molecular weight is 209 g/mol. The molecule has 1 unspecified atom stereocenters. The molecule has 0 saturated heterocycles. The number of hydrogen-bond acceptors (Lipinski definition) is 3. The molecule has 3 heteroatoms. The van der Waals surface area contributed by atoms with Gasteiger partial charge in [-0.15, -0.1) is 0 Å². The molecule has 0 fully saturated rings. The van der Waals surface area contributed by atoms with E-state index in [0.717, 1.165) is 16.9 Å². The normalized spacial score (nSPS) is 14.7. The Balaban J connectivity index is 3.33. The van der Waals surface area contributed by atoms with Gasteiger partial charge in [0.1, 0.15) is 5.75 Å². The van der Waals surface area contributed by atoms with Crippen LogP contribution in [0.1, 0.15) is 18.1 Å². The van der Waals surface area contributed by atoms with Crippen molar-refractivity contribution in [1.29, 1.82) is 0 Å². The maximum atomic E-state index is 9.45. The average Bonchev–Trinajstić information content (AvgIpc) is 2.27. The Labute approximate surface area is 90.9 Å². The fourth-order valence-corrected chi connectivity index (χ4v) is 1.83. The van der Waals surface area contributed by atoms with Crippen LogP contribution in [0.15, 0.2) is 18.2 Å². The number of rotatable bonds is 4. The van der Waals surface area contributed by atoms with Gasteiger partial charge in [0.2, 0.25) is 0 Å². The molecule has 1 rings (SSSR count). The van der Waals surface area contributed by atoms with Crippen molar-refractivity contribution in [2.24, 2.45) is 5.73 Å². The first-order valence-corrected chi connectivity index (χ1v) is 5.04. The minimum Gasteiger partial charge on any atom is -0.496 e. The maximum Gasteiger partial charge on any atom is 0.123 e. The summed E-state index contributed by atoms with van der Waals surface area (Å²) in [6.45, 7) is 4.36. The summed E-state index contributed by atoms with van der Waals surface area (Å²) in [5, 5.41) is 9.45. The molecular weight excluding hydrogens is 190 g/mol. The lowest BCUT2D eigenvalue weighted by molar-refractivity contribution is 0.206. The molecule has 3 nitrogen and oxygen atoms in total. The maximum absolute atomic E-state index is 9.45. The second-order valence-corrected chi connectivity index (χ2v) is 4.08. The summed E-state index contributed by atoms with van der Waals surface area (Å²) in [6, 6.07) is 5.83. The molecule has 0 amide bonds. The van der Waals surface area contributed by atoms with Gasteiger partial charge < -0.3 is 15.6 Å². The van der Waals surface area contributed by atoms with Gasteiger partial charge in [-0.2, -0.15) is 0 Å². The summed E-state index contributed by atoms with van der Waals surface area (Å²) in [6.07, 6.45) is 0. The lowest BCUT2D eigenvalue weighted by atomic mass is 9.80. The number of aryl methyl sites for hydroxylation is 1. The van der Waals surface area contributed by atoms with Crippen molar-refractivity contribution in [3.05, 3.63) is 29.3 Å². The molecule has 0 heterocycles. The van der Waals surface area contributed by atoms with Crippen molar-refractivity contribution in [3.63, 3.8) is 0 Å². The lowest BCUT2D eigenvalue weighted by Crippen LogP contribution is -2.36. The monoisotopic (exact) mass is 209 g/mol. The quantitative estimate of drug-likeness (QED) is 0.783. The third kappa shape index (κ3) is 2.13. The SMILES string of the molecule is COc1cccc(C)c1C(C)(CN)CO. The van der Waals surface area contributed by atoms with E-state index in [-0.39, 0.29) is 6.61 Å². The van der Waals surface area contributed by atoms with Crippen molar-refractivity contribution in [2.75, 3.05) is 20.3 Å². The van der Waals surface area contributed by atoms with Crippen molar-refractivity contribution in [2.45, 2.75) is 19.3 Å². The molecular formula is C12H19NO2. The molecule has 15 heavy (non-hydrogen) atoms. The highest BCUT2D eigenvalue weighted by molar-refractivity contribution is 5.45. The predicted molar refractivity (Wildman–Crippen MR) is 61.2 cm³/mol. The van der Waals surface area contributed by atoms with Crippen molar-refractivity contribution in [3.8, 4) is 5.75 Å². The van der Waals surface area contributed by atoms with Crippen LogP contribution >= 0.6 is 0 Å². The highest BCUT2D eigenvalue weighted by Crippen LogP contribution is 2.33. The van der Waals surface area contributed by atoms with E-state index in [1.807, 2.05) is 32.0 Å². The molecule has 0 aliphatic heterocycles. The Kier molecular flexibility index (Phi) is 3.72. The molecule has 84 valence electrons. The van der Waals surface area contributed by atoms with E-state index in [9.17, 15) is 5.11 Å². The lowest BCUT2D eigenvalue weighted by Gasteiger charge is -2.29. The van der Waals surface area contributed by atoms with Crippen LogP contribution in [-0.2, 0) is 5.41 Å². The zero-order valence-electron chi connectivity index (χ0n) is 9.58. The van der Waals surface area contributed by atoms with E-state index < -0.39 is 5.41 Å². The summed E-state index contributed by atoms with van der Waals surface area (Å²) in [5.41, 5.74) is 7.38. The molecule has 1 atom stereocenters. The highest BCUT2D eigenvalue weighted by atomic mass is 16.5. The number of nitrogens with two attached hydrogens (primary N) is 1. The van der Waals surface area contributed by atoms with Gasteiger partial charge in [-0.25, -0.2) is 0 Å². The van der Waals surface area contributed by atoms with Crippen LogP contribution in [0.3, 0.4) is 0 Å². The van der Waals surface area contributed by atoms with Crippen LogP contribution in [0, 0.1) is 6.92 Å². The van der Waals surface area contributed by atoms with E-state index in [1.54, 1.807) is 7.11 Å². The topological polar surface area (TPSA) is 55.5 Å². The summed E-state index contributed by atoms with van der Waals surface area (Å²) < 4.78 is 5.31. The second-order valence-electron chi connectivity index (χ2n) is 4.08. The number of benzene rings is 1. The first-order valence-electron chi connectivity index (χ1n) is 5.04. The number of ether oxygens (including phenoxy) is 1. The second kappa shape index (κ2) is 4.64. The summed E-state index contributed by atoms with van der Waals surface area (Å²) in [4.78, 5) is 0. The molecule has 3 N–H and O–H groups in total. The minimum atomic E-state index is -0.434. The molecule has 0 aromatic heterocycles. The zero-order valence-corrected chi connectivity index (χ0v) is 9.58. The van der Waals surface area contributed by atoms with Gasteiger partial charge >= 0.3 is 0 Å². The number of methoxy groups -OCH3 is 1. The Morgan fingerprint density at radius 2 is 2.13 bits per heavy atom. The summed E-state index contributed by atoms with van der Waals surface area (Å²) in [7, 11) is 1.63. The number of aliphatic hydroxyl groups excluding tert-OH is 1. The van der Waals surface area contributed by atoms with Gasteiger partial charge in [-0.1, -0.05) is 19.1 Å². The van der Waals surface area contributed by atoms with Crippen LogP contribution < -0.4 is 10.5 Å². The van der Waals surface area contributed by atoms with Crippen LogP contribution in [0.4, 0.5) is 0 Å². The Morgan fingerprint density at radius 1 is 1.47 bits per heavy atom. The van der Waals surface area contributed by atoms with E-state index in [1.165, 1.54) is 0 Å². The Bertz CT molecular complexity index is 332.